The number of thiocarbonyl (C=S) groups is 1. The third-order valence-corrected chi connectivity index (χ3v) is 3.30. The molecule has 4 heteroatoms. The molecule has 16 heavy (non-hydrogen) atoms. The summed E-state index contributed by atoms with van der Waals surface area (Å²) >= 11 is 5.27. The Hall–Kier alpha value is -1.03. The maximum atomic E-state index is 5.27. The van der Waals surface area contributed by atoms with Gasteiger partial charge in [0.2, 0.25) is 0 Å². The number of rotatable bonds is 3. The van der Waals surface area contributed by atoms with Crippen LogP contribution in [0, 0.1) is 0 Å². The SMILES string of the molecule is Cn1ccc(CNC(=S)NC2CCCC2)c1. The lowest BCUT2D eigenvalue weighted by atomic mass is 10.2. The first-order valence-electron chi connectivity index (χ1n) is 5.89. The zero-order valence-electron chi connectivity index (χ0n) is 9.70. The second kappa shape index (κ2) is 5.34. The Morgan fingerprint density at radius 1 is 1.50 bits per heavy atom. The number of hydrogen-bond acceptors (Lipinski definition) is 1. The molecule has 0 amide bonds. The van der Waals surface area contributed by atoms with Crippen molar-refractivity contribution in [2.45, 2.75) is 38.3 Å². The van der Waals surface area contributed by atoms with Gasteiger partial charge in [-0.3, -0.25) is 0 Å². The van der Waals surface area contributed by atoms with Crippen LogP contribution in [-0.4, -0.2) is 15.7 Å². The van der Waals surface area contributed by atoms with E-state index in [9.17, 15) is 0 Å². The second-order valence-corrected chi connectivity index (χ2v) is 4.90. The smallest absolute Gasteiger partial charge is 0.166 e. The molecule has 0 atom stereocenters. The van der Waals surface area contributed by atoms with Gasteiger partial charge in [0.15, 0.2) is 5.11 Å². The molecule has 2 rings (SSSR count). The molecule has 0 radical (unpaired) electrons. The van der Waals surface area contributed by atoms with E-state index in [-0.39, 0.29) is 0 Å². The Kier molecular flexibility index (Phi) is 3.83. The zero-order valence-corrected chi connectivity index (χ0v) is 10.5. The van der Waals surface area contributed by atoms with Crippen molar-refractivity contribution < 1.29 is 0 Å². The average molecular weight is 237 g/mol. The summed E-state index contributed by atoms with van der Waals surface area (Å²) in [6.07, 6.45) is 9.33. The maximum absolute atomic E-state index is 5.27. The zero-order chi connectivity index (χ0) is 11.4. The van der Waals surface area contributed by atoms with Crippen LogP contribution in [0.5, 0.6) is 0 Å². The van der Waals surface area contributed by atoms with E-state index in [1.807, 2.05) is 17.8 Å². The minimum atomic E-state index is 0.593. The molecule has 0 spiro atoms. The molecule has 1 fully saturated rings. The molecule has 0 unspecified atom stereocenters. The number of hydrogen-bond donors (Lipinski definition) is 2. The van der Waals surface area contributed by atoms with Gasteiger partial charge in [-0.1, -0.05) is 12.8 Å². The summed E-state index contributed by atoms with van der Waals surface area (Å²) in [7, 11) is 2.03. The van der Waals surface area contributed by atoms with Crippen LogP contribution in [0.1, 0.15) is 31.2 Å². The summed E-state index contributed by atoms with van der Waals surface area (Å²) in [6.45, 7) is 0.805. The van der Waals surface area contributed by atoms with Crippen LogP contribution >= 0.6 is 12.2 Å². The van der Waals surface area contributed by atoms with Crippen molar-refractivity contribution >= 4 is 17.3 Å². The van der Waals surface area contributed by atoms with E-state index in [0.29, 0.717) is 6.04 Å². The summed E-state index contributed by atoms with van der Waals surface area (Å²) in [4.78, 5) is 0. The van der Waals surface area contributed by atoms with Crippen molar-refractivity contribution in [3.05, 3.63) is 24.0 Å². The molecule has 1 aromatic heterocycles. The van der Waals surface area contributed by atoms with Crippen LogP contribution in [-0.2, 0) is 13.6 Å². The molecule has 0 bridgehead atoms. The monoisotopic (exact) mass is 237 g/mol. The third kappa shape index (κ3) is 3.23. The van der Waals surface area contributed by atoms with Crippen LogP contribution < -0.4 is 10.6 Å². The Balaban J connectivity index is 1.71. The van der Waals surface area contributed by atoms with Crippen LogP contribution in [0.3, 0.4) is 0 Å². The van der Waals surface area contributed by atoms with Gasteiger partial charge >= 0.3 is 0 Å². The molecule has 2 N–H and O–H groups in total. The predicted molar refractivity (Wildman–Crippen MR) is 70.2 cm³/mol. The number of aryl methyl sites for hydroxylation is 1. The molecule has 1 aliphatic carbocycles. The van der Waals surface area contributed by atoms with Crippen molar-refractivity contribution in [2.24, 2.45) is 7.05 Å². The van der Waals surface area contributed by atoms with Gasteiger partial charge in [-0.25, -0.2) is 0 Å². The van der Waals surface area contributed by atoms with Gasteiger partial charge in [-0.2, -0.15) is 0 Å². The molecule has 1 aromatic rings. The van der Waals surface area contributed by atoms with Gasteiger partial charge in [0.05, 0.1) is 0 Å². The summed E-state index contributed by atoms with van der Waals surface area (Å²) in [5, 5.41) is 7.40. The highest BCUT2D eigenvalue weighted by Crippen LogP contribution is 2.17. The fraction of sp³-hybridized carbons (Fsp3) is 0.583. The Labute approximate surface area is 102 Å². The minimum absolute atomic E-state index is 0.593. The van der Waals surface area contributed by atoms with Gasteiger partial charge in [-0.15, -0.1) is 0 Å². The topological polar surface area (TPSA) is 29.0 Å². The minimum Gasteiger partial charge on any atom is -0.360 e. The van der Waals surface area contributed by atoms with Crippen LogP contribution in [0.2, 0.25) is 0 Å². The molecule has 1 heterocycles. The third-order valence-electron chi connectivity index (χ3n) is 3.04. The quantitative estimate of drug-likeness (QED) is 0.787. The van der Waals surface area contributed by atoms with Crippen molar-refractivity contribution in [3.8, 4) is 0 Å². The van der Waals surface area contributed by atoms with E-state index in [1.165, 1.54) is 31.2 Å². The van der Waals surface area contributed by atoms with Gasteiger partial charge in [-0.05, 0) is 36.7 Å². The number of aromatic nitrogens is 1. The van der Waals surface area contributed by atoms with Gasteiger partial charge in [0.25, 0.3) is 0 Å². The second-order valence-electron chi connectivity index (χ2n) is 4.49. The molecule has 3 nitrogen and oxygen atoms in total. The fourth-order valence-corrected chi connectivity index (χ4v) is 2.39. The first kappa shape index (κ1) is 11.5. The van der Waals surface area contributed by atoms with E-state index < -0.39 is 0 Å². The van der Waals surface area contributed by atoms with E-state index in [0.717, 1.165) is 11.7 Å². The Morgan fingerprint density at radius 2 is 2.25 bits per heavy atom. The van der Waals surface area contributed by atoms with Gasteiger partial charge in [0, 0.05) is 32.0 Å². The molecular formula is C12H19N3S. The molecule has 0 aliphatic heterocycles. The van der Waals surface area contributed by atoms with Crippen LogP contribution in [0.15, 0.2) is 18.5 Å². The average Bonchev–Trinajstić information content (AvgIpc) is 2.87. The van der Waals surface area contributed by atoms with Crippen molar-refractivity contribution in [2.75, 3.05) is 0 Å². The van der Waals surface area contributed by atoms with E-state index in [1.54, 1.807) is 0 Å². The molecule has 88 valence electrons. The molecule has 0 saturated heterocycles. The van der Waals surface area contributed by atoms with E-state index in [2.05, 4.69) is 22.9 Å². The van der Waals surface area contributed by atoms with Crippen LogP contribution in [0.25, 0.3) is 0 Å². The lowest BCUT2D eigenvalue weighted by Crippen LogP contribution is -2.40. The van der Waals surface area contributed by atoms with Gasteiger partial charge < -0.3 is 15.2 Å². The summed E-state index contributed by atoms with van der Waals surface area (Å²) in [5.74, 6) is 0. The van der Waals surface area contributed by atoms with Gasteiger partial charge in [0.1, 0.15) is 0 Å². The molecule has 1 saturated carbocycles. The molecule has 1 aliphatic rings. The fourth-order valence-electron chi connectivity index (χ4n) is 2.15. The summed E-state index contributed by atoms with van der Waals surface area (Å²) < 4.78 is 2.05. The molecular weight excluding hydrogens is 218 g/mol. The lowest BCUT2D eigenvalue weighted by molar-refractivity contribution is 0.621. The predicted octanol–water partition coefficient (Wildman–Crippen LogP) is 1.93. The maximum Gasteiger partial charge on any atom is 0.166 e. The Bertz CT molecular complexity index is 353. The van der Waals surface area contributed by atoms with E-state index in [4.69, 9.17) is 12.2 Å². The largest absolute Gasteiger partial charge is 0.360 e. The highest BCUT2D eigenvalue weighted by atomic mass is 32.1. The summed E-state index contributed by atoms with van der Waals surface area (Å²) in [5.41, 5.74) is 1.26. The highest BCUT2D eigenvalue weighted by molar-refractivity contribution is 7.80. The van der Waals surface area contributed by atoms with Crippen molar-refractivity contribution in [1.29, 1.82) is 0 Å². The molecule has 0 aromatic carbocycles. The van der Waals surface area contributed by atoms with E-state index >= 15 is 0 Å². The highest BCUT2D eigenvalue weighted by Gasteiger charge is 2.15. The number of nitrogens with one attached hydrogen (secondary N) is 2. The lowest BCUT2D eigenvalue weighted by Gasteiger charge is -2.15. The number of nitrogens with zero attached hydrogens (tertiary/aromatic N) is 1. The normalized spacial score (nSPS) is 16.3. The van der Waals surface area contributed by atoms with Crippen LogP contribution in [0.4, 0.5) is 0 Å². The first-order valence-corrected chi connectivity index (χ1v) is 6.30. The van der Waals surface area contributed by atoms with Crippen molar-refractivity contribution in [3.63, 3.8) is 0 Å². The standard InChI is InChI=1S/C12H19N3S/c1-15-7-6-10(9-15)8-13-12(16)14-11-4-2-3-5-11/h6-7,9,11H,2-5,8H2,1H3,(H2,13,14,16). The Morgan fingerprint density at radius 3 is 2.88 bits per heavy atom. The summed E-state index contributed by atoms with van der Waals surface area (Å²) in [6, 6.07) is 2.70. The van der Waals surface area contributed by atoms with Crippen molar-refractivity contribution in [1.82, 2.24) is 15.2 Å². The first-order chi connectivity index (χ1) is 7.74.